The second kappa shape index (κ2) is 9.13. The van der Waals surface area contributed by atoms with Gasteiger partial charge in [-0.1, -0.05) is 30.3 Å². The highest BCUT2D eigenvalue weighted by Gasteiger charge is 2.36. The maximum atomic E-state index is 13.3. The average Bonchev–Trinajstić information content (AvgIpc) is 3.07. The molecular formula is C25H18FNO6. The number of hydrogen-bond donors (Lipinski definition) is 0. The molecule has 1 aliphatic rings. The van der Waals surface area contributed by atoms with Gasteiger partial charge in [0.05, 0.1) is 17.7 Å². The lowest BCUT2D eigenvalue weighted by molar-refractivity contribution is -0.137. The molecule has 3 aromatic carbocycles. The Morgan fingerprint density at radius 1 is 0.879 bits per heavy atom. The predicted octanol–water partition coefficient (Wildman–Crippen LogP) is 3.97. The van der Waals surface area contributed by atoms with Crippen LogP contribution in [0.25, 0.3) is 11.1 Å². The summed E-state index contributed by atoms with van der Waals surface area (Å²) in [5.41, 5.74) is 1.98. The van der Waals surface area contributed by atoms with Gasteiger partial charge < -0.3 is 4.74 Å². The number of Topliss-reactive ketones (excluding diaryl/α,β-unsaturated/α-hetero) is 1. The number of fused-ring (bicyclic) bond motifs is 1. The lowest BCUT2D eigenvalue weighted by atomic mass is 9.97. The van der Waals surface area contributed by atoms with Crippen LogP contribution in [-0.4, -0.2) is 35.2 Å². The fraction of sp³-hybridized carbons (Fsp3) is 0.120. The van der Waals surface area contributed by atoms with Gasteiger partial charge in [-0.2, -0.15) is 0 Å². The molecule has 0 spiro atoms. The summed E-state index contributed by atoms with van der Waals surface area (Å²) in [7, 11) is 0. The standard InChI is InChI=1S/C25H18FNO6/c1-2-32-25(31)22(28)19-12-9-16(15-7-10-18(26)11-8-15)13-17(19)14-33-27-23(29)20-5-3-4-6-21(20)24(27)30/h3-13H,2,14H2,1H3. The zero-order chi connectivity index (χ0) is 23.5. The number of imide groups is 1. The van der Waals surface area contributed by atoms with E-state index in [4.69, 9.17) is 9.57 Å². The van der Waals surface area contributed by atoms with Crippen molar-refractivity contribution in [2.75, 3.05) is 6.61 Å². The Hall–Kier alpha value is -4.17. The number of amides is 2. The number of benzene rings is 3. The number of esters is 1. The van der Waals surface area contributed by atoms with Crippen molar-refractivity contribution in [2.45, 2.75) is 13.5 Å². The van der Waals surface area contributed by atoms with Crippen LogP contribution < -0.4 is 0 Å². The predicted molar refractivity (Wildman–Crippen MR) is 115 cm³/mol. The van der Waals surface area contributed by atoms with E-state index >= 15 is 0 Å². The molecule has 0 aromatic heterocycles. The number of hydrogen-bond acceptors (Lipinski definition) is 6. The van der Waals surface area contributed by atoms with E-state index in [1.807, 2.05) is 0 Å². The zero-order valence-electron chi connectivity index (χ0n) is 17.5. The van der Waals surface area contributed by atoms with Gasteiger partial charge in [0, 0.05) is 5.56 Å². The largest absolute Gasteiger partial charge is 0.460 e. The molecule has 0 fully saturated rings. The Morgan fingerprint density at radius 3 is 2.09 bits per heavy atom. The summed E-state index contributed by atoms with van der Waals surface area (Å²) in [6.07, 6.45) is 0. The molecule has 7 nitrogen and oxygen atoms in total. The monoisotopic (exact) mass is 447 g/mol. The van der Waals surface area contributed by atoms with Gasteiger partial charge in [-0.05, 0) is 60.0 Å². The summed E-state index contributed by atoms with van der Waals surface area (Å²) in [5, 5.41) is 0.633. The van der Waals surface area contributed by atoms with Gasteiger partial charge in [0.15, 0.2) is 0 Å². The Labute approximate surface area is 188 Å². The molecule has 166 valence electrons. The summed E-state index contributed by atoms with van der Waals surface area (Å²) in [5.74, 6) is -3.56. The molecule has 33 heavy (non-hydrogen) atoms. The topological polar surface area (TPSA) is 90.0 Å². The van der Waals surface area contributed by atoms with Crippen LogP contribution in [0.4, 0.5) is 4.39 Å². The van der Waals surface area contributed by atoms with Gasteiger partial charge in [-0.25, -0.2) is 9.18 Å². The molecule has 4 rings (SSSR count). The van der Waals surface area contributed by atoms with Gasteiger partial charge in [0.2, 0.25) is 0 Å². The minimum absolute atomic E-state index is 0.0101. The first-order valence-electron chi connectivity index (χ1n) is 10.1. The summed E-state index contributed by atoms with van der Waals surface area (Å²) in [6.45, 7) is 1.26. The molecule has 0 radical (unpaired) electrons. The third kappa shape index (κ3) is 4.28. The first-order valence-corrected chi connectivity index (χ1v) is 10.1. The number of rotatable bonds is 7. The van der Waals surface area contributed by atoms with Crippen molar-refractivity contribution in [2.24, 2.45) is 0 Å². The first kappa shape index (κ1) is 22.0. The molecule has 0 saturated heterocycles. The molecular weight excluding hydrogens is 429 g/mol. The molecule has 0 saturated carbocycles. The molecule has 0 N–H and O–H groups in total. The maximum absolute atomic E-state index is 13.3. The van der Waals surface area contributed by atoms with Crippen LogP contribution in [0.5, 0.6) is 0 Å². The highest BCUT2D eigenvalue weighted by Crippen LogP contribution is 2.27. The highest BCUT2D eigenvalue weighted by molar-refractivity contribution is 6.41. The van der Waals surface area contributed by atoms with Crippen LogP contribution in [0, 0.1) is 5.82 Å². The minimum atomic E-state index is -1.03. The van der Waals surface area contributed by atoms with E-state index in [2.05, 4.69) is 0 Å². The van der Waals surface area contributed by atoms with Gasteiger partial charge in [-0.15, -0.1) is 5.06 Å². The molecule has 8 heteroatoms. The Morgan fingerprint density at radius 2 is 1.48 bits per heavy atom. The van der Waals surface area contributed by atoms with Gasteiger partial charge in [-0.3, -0.25) is 19.2 Å². The number of halogens is 1. The van der Waals surface area contributed by atoms with E-state index in [1.54, 1.807) is 43.3 Å². The SMILES string of the molecule is CCOC(=O)C(=O)c1ccc(-c2ccc(F)cc2)cc1CON1C(=O)c2ccccc2C1=O. The summed E-state index contributed by atoms with van der Waals surface area (Å²) >= 11 is 0. The van der Waals surface area contributed by atoms with Crippen LogP contribution in [0.1, 0.15) is 43.6 Å². The lowest BCUT2D eigenvalue weighted by Crippen LogP contribution is -2.30. The molecule has 0 aliphatic carbocycles. The van der Waals surface area contributed by atoms with Crippen molar-refractivity contribution in [3.05, 3.63) is 94.8 Å². The van der Waals surface area contributed by atoms with E-state index in [0.29, 0.717) is 16.2 Å². The van der Waals surface area contributed by atoms with E-state index in [0.717, 1.165) is 0 Å². The van der Waals surface area contributed by atoms with Crippen LogP contribution in [0.3, 0.4) is 0 Å². The van der Waals surface area contributed by atoms with Crippen molar-refractivity contribution in [1.29, 1.82) is 0 Å². The molecule has 3 aromatic rings. The van der Waals surface area contributed by atoms with Gasteiger partial charge >= 0.3 is 5.97 Å². The van der Waals surface area contributed by atoms with E-state index in [1.165, 1.54) is 30.3 Å². The van der Waals surface area contributed by atoms with Crippen LogP contribution in [0.15, 0.2) is 66.7 Å². The van der Waals surface area contributed by atoms with Crippen molar-refractivity contribution >= 4 is 23.6 Å². The summed E-state index contributed by atoms with van der Waals surface area (Å²) in [6, 6.07) is 16.6. The summed E-state index contributed by atoms with van der Waals surface area (Å²) in [4.78, 5) is 55.3. The van der Waals surface area contributed by atoms with E-state index < -0.39 is 29.4 Å². The Kier molecular flexibility index (Phi) is 6.10. The third-order valence-corrected chi connectivity index (χ3v) is 5.09. The second-order valence-corrected chi connectivity index (χ2v) is 7.15. The van der Waals surface area contributed by atoms with Crippen molar-refractivity contribution in [3.8, 4) is 11.1 Å². The van der Waals surface area contributed by atoms with Gasteiger partial charge in [0.1, 0.15) is 12.4 Å². The molecule has 1 aliphatic heterocycles. The molecule has 1 heterocycles. The third-order valence-electron chi connectivity index (χ3n) is 5.09. The minimum Gasteiger partial charge on any atom is -0.460 e. The number of carbonyl (C=O) groups excluding carboxylic acids is 4. The molecule has 0 unspecified atom stereocenters. The van der Waals surface area contributed by atoms with Crippen LogP contribution in [-0.2, 0) is 21.0 Å². The Balaban J connectivity index is 1.65. The number of hydroxylamine groups is 2. The quantitative estimate of drug-likeness (QED) is 0.236. The van der Waals surface area contributed by atoms with Crippen LogP contribution in [0.2, 0.25) is 0 Å². The fourth-order valence-electron chi connectivity index (χ4n) is 3.48. The number of ketones is 1. The normalized spacial score (nSPS) is 12.6. The molecule has 2 amide bonds. The number of carbonyl (C=O) groups is 4. The van der Waals surface area contributed by atoms with Crippen molar-refractivity contribution in [3.63, 3.8) is 0 Å². The average molecular weight is 447 g/mol. The van der Waals surface area contributed by atoms with E-state index in [-0.39, 0.29) is 35.5 Å². The highest BCUT2D eigenvalue weighted by atomic mass is 19.1. The lowest BCUT2D eigenvalue weighted by Gasteiger charge is -2.16. The molecule has 0 atom stereocenters. The van der Waals surface area contributed by atoms with Crippen molar-refractivity contribution < 1.29 is 33.1 Å². The molecule has 0 bridgehead atoms. The maximum Gasteiger partial charge on any atom is 0.379 e. The fourth-order valence-corrected chi connectivity index (χ4v) is 3.48. The smallest absolute Gasteiger partial charge is 0.379 e. The number of ether oxygens (including phenoxy) is 1. The van der Waals surface area contributed by atoms with Gasteiger partial charge in [0.25, 0.3) is 17.6 Å². The zero-order valence-corrected chi connectivity index (χ0v) is 17.5. The first-order chi connectivity index (χ1) is 15.9. The Bertz CT molecular complexity index is 1230. The second-order valence-electron chi connectivity index (χ2n) is 7.15. The summed E-state index contributed by atoms with van der Waals surface area (Å²) < 4.78 is 18.1. The van der Waals surface area contributed by atoms with E-state index in [9.17, 15) is 23.6 Å². The van der Waals surface area contributed by atoms with Crippen molar-refractivity contribution in [1.82, 2.24) is 5.06 Å². The number of nitrogens with zero attached hydrogens (tertiary/aromatic N) is 1. The van der Waals surface area contributed by atoms with Crippen LogP contribution >= 0.6 is 0 Å².